The first-order valence-corrected chi connectivity index (χ1v) is 11.7. The standard InChI is InChI=1S/C28H26FN5O2/c1-18-3-8-20(9-4-18)24-17-25(21-10-12-22(29)13-11-21)34-28(30-24)32-27(33-34)31-26(35)16-7-19-5-14-23(36-2)15-6-19/h3-16,24-25H,17H2,1-2H3,(H2,30,31,32,33,35)/b16-7+/t24-,25-/m1/s1. The molecule has 2 N–H and O–H groups in total. The molecule has 0 spiro atoms. The van der Waals surface area contributed by atoms with Crippen molar-refractivity contribution < 1.29 is 13.9 Å². The Balaban J connectivity index is 1.39. The van der Waals surface area contributed by atoms with Gasteiger partial charge in [0.25, 0.3) is 11.9 Å². The van der Waals surface area contributed by atoms with Crippen LogP contribution in [0.4, 0.5) is 16.3 Å². The second-order valence-corrected chi connectivity index (χ2v) is 8.71. The molecule has 0 saturated heterocycles. The summed E-state index contributed by atoms with van der Waals surface area (Å²) in [5.41, 5.74) is 4.08. The molecule has 1 aliphatic heterocycles. The maximum absolute atomic E-state index is 13.6. The minimum atomic E-state index is -0.345. The Morgan fingerprint density at radius 2 is 1.75 bits per heavy atom. The molecule has 0 unspecified atom stereocenters. The number of anilines is 2. The summed E-state index contributed by atoms with van der Waals surface area (Å²) in [6.07, 6.45) is 3.83. The van der Waals surface area contributed by atoms with Gasteiger partial charge >= 0.3 is 0 Å². The van der Waals surface area contributed by atoms with E-state index in [0.717, 1.165) is 22.4 Å². The third-order valence-corrected chi connectivity index (χ3v) is 6.20. The van der Waals surface area contributed by atoms with E-state index in [1.54, 1.807) is 30.0 Å². The number of aryl methyl sites for hydroxylation is 1. The monoisotopic (exact) mass is 483 g/mol. The van der Waals surface area contributed by atoms with Crippen LogP contribution in [0.25, 0.3) is 6.08 Å². The Labute approximate surface area is 208 Å². The van der Waals surface area contributed by atoms with Crippen molar-refractivity contribution in [2.45, 2.75) is 25.4 Å². The summed E-state index contributed by atoms with van der Waals surface area (Å²) in [5.74, 6) is 0.839. The highest BCUT2D eigenvalue weighted by Gasteiger charge is 2.31. The molecular formula is C28H26FN5O2. The number of methoxy groups -OCH3 is 1. The van der Waals surface area contributed by atoms with Crippen LogP contribution in [0.1, 0.15) is 40.8 Å². The summed E-state index contributed by atoms with van der Waals surface area (Å²) in [6.45, 7) is 2.05. The van der Waals surface area contributed by atoms with Gasteiger partial charge in [0.15, 0.2) is 0 Å². The van der Waals surface area contributed by atoms with Crippen LogP contribution in [-0.4, -0.2) is 27.8 Å². The van der Waals surface area contributed by atoms with Crippen molar-refractivity contribution in [1.82, 2.24) is 14.8 Å². The Morgan fingerprint density at radius 3 is 2.44 bits per heavy atom. The van der Waals surface area contributed by atoms with Crippen LogP contribution in [-0.2, 0) is 4.79 Å². The van der Waals surface area contributed by atoms with Gasteiger partial charge in [-0.15, -0.1) is 5.10 Å². The summed E-state index contributed by atoms with van der Waals surface area (Å²) in [4.78, 5) is 17.1. The molecule has 0 aliphatic carbocycles. The lowest BCUT2D eigenvalue weighted by molar-refractivity contribution is -0.111. The zero-order chi connectivity index (χ0) is 25.1. The molecule has 182 valence electrons. The third-order valence-electron chi connectivity index (χ3n) is 6.20. The molecule has 0 bridgehead atoms. The second-order valence-electron chi connectivity index (χ2n) is 8.71. The lowest BCUT2D eigenvalue weighted by Crippen LogP contribution is -2.28. The fourth-order valence-corrected chi connectivity index (χ4v) is 4.25. The zero-order valence-electron chi connectivity index (χ0n) is 20.0. The number of rotatable bonds is 6. The average Bonchev–Trinajstić information content (AvgIpc) is 3.30. The first-order valence-electron chi connectivity index (χ1n) is 11.7. The molecule has 4 aromatic rings. The van der Waals surface area contributed by atoms with Crippen LogP contribution in [0, 0.1) is 12.7 Å². The number of amides is 1. The van der Waals surface area contributed by atoms with Crippen molar-refractivity contribution >= 4 is 23.9 Å². The molecule has 1 amide bonds. The van der Waals surface area contributed by atoms with Crippen LogP contribution in [0.3, 0.4) is 0 Å². The van der Waals surface area contributed by atoms with Gasteiger partial charge in [-0.2, -0.15) is 4.98 Å². The van der Waals surface area contributed by atoms with E-state index in [1.807, 2.05) is 31.2 Å². The van der Waals surface area contributed by atoms with Crippen LogP contribution >= 0.6 is 0 Å². The van der Waals surface area contributed by atoms with Gasteiger partial charge < -0.3 is 10.1 Å². The largest absolute Gasteiger partial charge is 0.497 e. The summed E-state index contributed by atoms with van der Waals surface area (Å²) in [7, 11) is 1.61. The molecule has 2 heterocycles. The number of nitrogens with zero attached hydrogens (tertiary/aromatic N) is 3. The first-order chi connectivity index (χ1) is 17.5. The molecule has 7 nitrogen and oxygen atoms in total. The van der Waals surface area contributed by atoms with Crippen LogP contribution in [0.5, 0.6) is 5.75 Å². The Bertz CT molecular complexity index is 1380. The summed E-state index contributed by atoms with van der Waals surface area (Å²) >= 11 is 0. The smallest absolute Gasteiger partial charge is 0.250 e. The van der Waals surface area contributed by atoms with Crippen molar-refractivity contribution in [2.24, 2.45) is 0 Å². The van der Waals surface area contributed by atoms with Crippen molar-refractivity contribution in [3.05, 3.63) is 107 Å². The predicted molar refractivity (Wildman–Crippen MR) is 137 cm³/mol. The fraction of sp³-hybridized carbons (Fsp3) is 0.179. The fourth-order valence-electron chi connectivity index (χ4n) is 4.25. The Hall–Kier alpha value is -4.46. The van der Waals surface area contributed by atoms with Crippen molar-refractivity contribution in [3.8, 4) is 5.75 Å². The number of aromatic nitrogens is 3. The number of carbonyl (C=O) groups is 1. The van der Waals surface area contributed by atoms with E-state index >= 15 is 0 Å². The number of benzene rings is 3. The molecule has 8 heteroatoms. The topological polar surface area (TPSA) is 81.1 Å². The van der Waals surface area contributed by atoms with Crippen LogP contribution in [0.15, 0.2) is 78.9 Å². The predicted octanol–water partition coefficient (Wildman–Crippen LogP) is 5.53. The van der Waals surface area contributed by atoms with Crippen molar-refractivity contribution in [3.63, 3.8) is 0 Å². The van der Waals surface area contributed by atoms with Gasteiger partial charge in [0.2, 0.25) is 5.95 Å². The SMILES string of the molecule is COc1ccc(/C=C/C(=O)Nc2nc3n(n2)[C@@H](c2ccc(F)cc2)C[C@H](c2ccc(C)cc2)N3)cc1. The zero-order valence-corrected chi connectivity index (χ0v) is 20.0. The normalized spacial score (nSPS) is 16.9. The number of fused-ring (bicyclic) bond motifs is 1. The third kappa shape index (κ3) is 5.12. The molecule has 1 aliphatic rings. The highest BCUT2D eigenvalue weighted by Crippen LogP contribution is 2.38. The number of carbonyl (C=O) groups excluding carboxylic acids is 1. The molecule has 0 saturated carbocycles. The molecule has 3 aromatic carbocycles. The highest BCUT2D eigenvalue weighted by molar-refractivity contribution is 6.00. The van der Waals surface area contributed by atoms with E-state index in [0.29, 0.717) is 12.4 Å². The second kappa shape index (κ2) is 10.0. The van der Waals surface area contributed by atoms with Gasteiger partial charge in [0.1, 0.15) is 11.6 Å². The van der Waals surface area contributed by atoms with E-state index in [2.05, 4.69) is 45.0 Å². The van der Waals surface area contributed by atoms with Crippen LogP contribution < -0.4 is 15.4 Å². The molecule has 0 radical (unpaired) electrons. The van der Waals surface area contributed by atoms with Gasteiger partial charge in [-0.25, -0.2) is 9.07 Å². The van der Waals surface area contributed by atoms with E-state index in [-0.39, 0.29) is 29.8 Å². The maximum Gasteiger partial charge on any atom is 0.250 e. The van der Waals surface area contributed by atoms with E-state index in [1.165, 1.54) is 23.8 Å². The molecule has 36 heavy (non-hydrogen) atoms. The van der Waals surface area contributed by atoms with E-state index in [9.17, 15) is 9.18 Å². The van der Waals surface area contributed by atoms with Crippen molar-refractivity contribution in [2.75, 3.05) is 17.7 Å². The lowest BCUT2D eigenvalue weighted by atomic mass is 9.93. The molecular weight excluding hydrogens is 457 g/mol. The van der Waals surface area contributed by atoms with Crippen molar-refractivity contribution in [1.29, 1.82) is 0 Å². The first kappa shape index (κ1) is 23.3. The number of ether oxygens (including phenoxy) is 1. The molecule has 5 rings (SSSR count). The van der Waals surface area contributed by atoms with Crippen LogP contribution in [0.2, 0.25) is 0 Å². The number of nitrogens with one attached hydrogen (secondary N) is 2. The number of hydrogen-bond acceptors (Lipinski definition) is 5. The van der Waals surface area contributed by atoms with E-state index in [4.69, 9.17) is 4.74 Å². The Kier molecular flexibility index (Phi) is 6.49. The molecule has 0 fully saturated rings. The van der Waals surface area contributed by atoms with Gasteiger partial charge in [0.05, 0.1) is 19.2 Å². The minimum absolute atomic E-state index is 0.0177. The summed E-state index contributed by atoms with van der Waals surface area (Å²) in [5, 5.41) is 10.7. The summed E-state index contributed by atoms with van der Waals surface area (Å²) < 4.78 is 20.5. The lowest BCUT2D eigenvalue weighted by Gasteiger charge is -2.31. The maximum atomic E-state index is 13.6. The summed E-state index contributed by atoms with van der Waals surface area (Å²) in [6, 6.07) is 21.9. The minimum Gasteiger partial charge on any atom is -0.497 e. The van der Waals surface area contributed by atoms with Gasteiger partial charge in [-0.1, -0.05) is 54.1 Å². The number of halogens is 1. The van der Waals surface area contributed by atoms with Gasteiger partial charge in [-0.05, 0) is 60.4 Å². The molecule has 1 aromatic heterocycles. The molecule has 2 atom stereocenters. The average molecular weight is 484 g/mol. The quantitative estimate of drug-likeness (QED) is 0.352. The van der Waals surface area contributed by atoms with E-state index < -0.39 is 0 Å². The Morgan fingerprint density at radius 1 is 1.06 bits per heavy atom. The van der Waals surface area contributed by atoms with Gasteiger partial charge in [0, 0.05) is 6.08 Å². The van der Waals surface area contributed by atoms with Gasteiger partial charge in [-0.3, -0.25) is 10.1 Å². The highest BCUT2D eigenvalue weighted by atomic mass is 19.1. The number of hydrogen-bond donors (Lipinski definition) is 2.